The van der Waals surface area contributed by atoms with Gasteiger partial charge >= 0.3 is 0 Å². The molecular weight excluding hydrogens is 234 g/mol. The van der Waals surface area contributed by atoms with Gasteiger partial charge in [0.1, 0.15) is 0 Å². The summed E-state index contributed by atoms with van der Waals surface area (Å²) in [6.45, 7) is 6.77. The highest BCUT2D eigenvalue weighted by Crippen LogP contribution is 2.51. The molecule has 1 aliphatic rings. The van der Waals surface area contributed by atoms with Crippen molar-refractivity contribution in [2.75, 3.05) is 14.2 Å². The van der Waals surface area contributed by atoms with Crippen molar-refractivity contribution in [3.05, 3.63) is 35.9 Å². The molecule has 2 rings (SSSR count). The molecule has 1 aromatic rings. The van der Waals surface area contributed by atoms with Crippen LogP contribution >= 0.6 is 0 Å². The summed E-state index contributed by atoms with van der Waals surface area (Å²) >= 11 is 0. The zero-order chi connectivity index (χ0) is 14.0. The van der Waals surface area contributed by atoms with Gasteiger partial charge in [-0.1, -0.05) is 51.1 Å². The van der Waals surface area contributed by atoms with Gasteiger partial charge in [0.25, 0.3) is 0 Å². The molecule has 0 amide bonds. The summed E-state index contributed by atoms with van der Waals surface area (Å²) in [5, 5.41) is 3.50. The molecule has 1 saturated carbocycles. The maximum atomic E-state index is 5.79. The van der Waals surface area contributed by atoms with Crippen molar-refractivity contribution in [1.29, 1.82) is 0 Å². The van der Waals surface area contributed by atoms with E-state index in [1.165, 1.54) is 12.0 Å². The molecule has 1 fully saturated rings. The van der Waals surface area contributed by atoms with Crippen LogP contribution in [0.4, 0.5) is 0 Å². The van der Waals surface area contributed by atoms with E-state index >= 15 is 0 Å². The van der Waals surface area contributed by atoms with E-state index in [9.17, 15) is 0 Å². The summed E-state index contributed by atoms with van der Waals surface area (Å²) in [6, 6.07) is 11.3. The highest BCUT2D eigenvalue weighted by Gasteiger charge is 2.48. The Morgan fingerprint density at radius 3 is 2.32 bits per heavy atom. The number of methoxy groups -OCH3 is 1. The average Bonchev–Trinajstić information content (AvgIpc) is 3.15. The highest BCUT2D eigenvalue weighted by atomic mass is 16.5. The Bertz CT molecular complexity index is 395. The first-order valence-corrected chi connectivity index (χ1v) is 7.24. The normalized spacial score (nSPS) is 25.9. The molecule has 0 spiro atoms. The van der Waals surface area contributed by atoms with Gasteiger partial charge in [0.15, 0.2) is 0 Å². The topological polar surface area (TPSA) is 21.3 Å². The molecule has 19 heavy (non-hydrogen) atoms. The van der Waals surface area contributed by atoms with Crippen molar-refractivity contribution >= 4 is 0 Å². The summed E-state index contributed by atoms with van der Waals surface area (Å²) < 4.78 is 5.79. The molecule has 2 heteroatoms. The van der Waals surface area contributed by atoms with Crippen molar-refractivity contribution in [2.45, 2.75) is 45.3 Å². The zero-order valence-corrected chi connectivity index (χ0v) is 12.8. The van der Waals surface area contributed by atoms with Crippen molar-refractivity contribution in [1.82, 2.24) is 5.32 Å². The fourth-order valence-electron chi connectivity index (χ4n) is 3.32. The quantitative estimate of drug-likeness (QED) is 0.876. The first-order chi connectivity index (χ1) is 8.99. The predicted octanol–water partition coefficient (Wildman–Crippen LogP) is 3.44. The number of ether oxygens (including phenoxy) is 1. The SMILES string of the molecule is CNC(C1CC1c1ccccc1)C(OC)C(C)(C)C. The van der Waals surface area contributed by atoms with E-state index in [0.717, 1.165) is 0 Å². The third kappa shape index (κ3) is 3.18. The molecule has 1 aliphatic carbocycles. The summed E-state index contributed by atoms with van der Waals surface area (Å²) in [4.78, 5) is 0. The summed E-state index contributed by atoms with van der Waals surface area (Å²) in [5.41, 5.74) is 1.63. The minimum atomic E-state index is 0.159. The van der Waals surface area contributed by atoms with Crippen molar-refractivity contribution in [3.63, 3.8) is 0 Å². The van der Waals surface area contributed by atoms with Gasteiger partial charge in [-0.15, -0.1) is 0 Å². The Kier molecular flexibility index (Phi) is 4.32. The molecular formula is C17H27NO. The summed E-state index contributed by atoms with van der Waals surface area (Å²) in [7, 11) is 3.89. The van der Waals surface area contributed by atoms with Gasteiger partial charge in [-0.25, -0.2) is 0 Å². The van der Waals surface area contributed by atoms with Gasteiger partial charge in [0, 0.05) is 13.2 Å². The van der Waals surface area contributed by atoms with Gasteiger partial charge in [0.2, 0.25) is 0 Å². The van der Waals surface area contributed by atoms with Crippen LogP contribution in [0.1, 0.15) is 38.7 Å². The number of nitrogens with one attached hydrogen (secondary N) is 1. The van der Waals surface area contributed by atoms with Crippen LogP contribution in [0.5, 0.6) is 0 Å². The van der Waals surface area contributed by atoms with Crippen LogP contribution in [0, 0.1) is 11.3 Å². The Morgan fingerprint density at radius 1 is 1.21 bits per heavy atom. The highest BCUT2D eigenvalue weighted by molar-refractivity contribution is 5.27. The molecule has 1 aromatic carbocycles. The minimum absolute atomic E-state index is 0.159. The number of rotatable bonds is 5. The lowest BCUT2D eigenvalue weighted by Crippen LogP contribution is -2.48. The molecule has 0 saturated heterocycles. The number of hydrogen-bond acceptors (Lipinski definition) is 2. The lowest BCUT2D eigenvalue weighted by Gasteiger charge is -2.36. The average molecular weight is 261 g/mol. The first kappa shape index (κ1) is 14.5. The molecule has 0 bridgehead atoms. The smallest absolute Gasteiger partial charge is 0.0775 e. The maximum Gasteiger partial charge on any atom is 0.0775 e. The van der Waals surface area contributed by atoms with E-state index in [0.29, 0.717) is 17.9 Å². The lowest BCUT2D eigenvalue weighted by atomic mass is 9.82. The number of likely N-dealkylation sites (N-methyl/N-ethyl adjacent to an activating group) is 1. The van der Waals surface area contributed by atoms with Crippen LogP contribution in [-0.4, -0.2) is 26.3 Å². The molecule has 4 atom stereocenters. The van der Waals surface area contributed by atoms with Crippen molar-refractivity contribution in [3.8, 4) is 0 Å². The van der Waals surface area contributed by atoms with Crippen molar-refractivity contribution in [2.24, 2.45) is 11.3 Å². The third-order valence-corrected chi connectivity index (χ3v) is 4.30. The lowest BCUT2D eigenvalue weighted by molar-refractivity contribution is -0.0152. The molecule has 106 valence electrons. The standard InChI is InChI=1S/C17H27NO/c1-17(2,3)16(19-5)15(18-4)14-11-13(14)12-9-7-6-8-10-12/h6-10,13-16,18H,11H2,1-5H3. The summed E-state index contributed by atoms with van der Waals surface area (Å²) in [6.07, 6.45) is 1.52. The Labute approximate surface area is 117 Å². The second-order valence-corrected chi connectivity index (χ2v) is 6.75. The first-order valence-electron chi connectivity index (χ1n) is 7.24. The molecule has 4 unspecified atom stereocenters. The van der Waals surface area contributed by atoms with Crippen molar-refractivity contribution < 1.29 is 4.74 Å². The van der Waals surface area contributed by atoms with E-state index in [1.807, 2.05) is 7.11 Å². The predicted molar refractivity (Wildman–Crippen MR) is 80.4 cm³/mol. The van der Waals surface area contributed by atoms with Crippen LogP contribution in [0.15, 0.2) is 30.3 Å². The molecule has 0 aliphatic heterocycles. The molecule has 1 N–H and O–H groups in total. The van der Waals surface area contributed by atoms with E-state index in [1.54, 1.807) is 0 Å². The van der Waals surface area contributed by atoms with Crippen LogP contribution in [0.3, 0.4) is 0 Å². The summed E-state index contributed by atoms with van der Waals surface area (Å²) in [5.74, 6) is 1.38. The van der Waals surface area contributed by atoms with Crippen LogP contribution < -0.4 is 5.32 Å². The molecule has 2 nitrogen and oxygen atoms in total. The van der Waals surface area contributed by atoms with Gasteiger partial charge < -0.3 is 10.1 Å². The Hall–Kier alpha value is -0.860. The van der Waals surface area contributed by atoms with E-state index < -0.39 is 0 Å². The molecule has 0 heterocycles. The Balaban J connectivity index is 2.09. The van der Waals surface area contributed by atoms with Gasteiger partial charge in [-0.05, 0) is 36.3 Å². The number of hydrogen-bond donors (Lipinski definition) is 1. The van der Waals surface area contributed by atoms with E-state index in [-0.39, 0.29) is 11.5 Å². The molecule has 0 aromatic heterocycles. The fourth-order valence-corrected chi connectivity index (χ4v) is 3.32. The monoisotopic (exact) mass is 261 g/mol. The van der Waals surface area contributed by atoms with Gasteiger partial charge in [0.05, 0.1) is 6.10 Å². The second kappa shape index (κ2) is 5.64. The maximum absolute atomic E-state index is 5.79. The molecule has 0 radical (unpaired) electrons. The number of benzene rings is 1. The minimum Gasteiger partial charge on any atom is -0.379 e. The zero-order valence-electron chi connectivity index (χ0n) is 12.8. The second-order valence-electron chi connectivity index (χ2n) is 6.75. The van der Waals surface area contributed by atoms with E-state index in [2.05, 4.69) is 63.5 Å². The van der Waals surface area contributed by atoms with E-state index in [4.69, 9.17) is 4.74 Å². The van der Waals surface area contributed by atoms with Gasteiger partial charge in [-0.2, -0.15) is 0 Å². The third-order valence-electron chi connectivity index (χ3n) is 4.30. The van der Waals surface area contributed by atoms with Crippen LogP contribution in [0.2, 0.25) is 0 Å². The van der Waals surface area contributed by atoms with Gasteiger partial charge in [-0.3, -0.25) is 0 Å². The fraction of sp³-hybridized carbons (Fsp3) is 0.647. The van der Waals surface area contributed by atoms with Crippen LogP contribution in [-0.2, 0) is 4.74 Å². The van der Waals surface area contributed by atoms with Crippen LogP contribution in [0.25, 0.3) is 0 Å². The largest absolute Gasteiger partial charge is 0.379 e. The Morgan fingerprint density at radius 2 is 1.84 bits per heavy atom.